The Bertz CT molecular complexity index is 660. The lowest BCUT2D eigenvalue weighted by molar-refractivity contribution is 0.0715. The van der Waals surface area contributed by atoms with Gasteiger partial charge in [-0.3, -0.25) is 9.89 Å². The number of piperidine rings is 1. The fraction of sp³-hybridized carbons (Fsp3) is 0.375. The predicted molar refractivity (Wildman–Crippen MR) is 83.7 cm³/mol. The minimum atomic E-state index is -0.00142. The highest BCUT2D eigenvalue weighted by atomic mass is 16.5. The minimum absolute atomic E-state index is 0.00142. The quantitative estimate of drug-likeness (QED) is 0.902. The molecule has 6 heteroatoms. The van der Waals surface area contributed by atoms with E-state index < -0.39 is 0 Å². The average molecular weight is 300 g/mol. The summed E-state index contributed by atoms with van der Waals surface area (Å²) < 4.78 is 5.24. The molecule has 0 spiro atoms. The average Bonchev–Trinajstić information content (AvgIpc) is 3.04. The molecule has 1 aromatic heterocycles. The third kappa shape index (κ3) is 2.82. The van der Waals surface area contributed by atoms with Crippen molar-refractivity contribution < 1.29 is 9.53 Å². The molecule has 3 N–H and O–H groups in total. The number of aromatic amines is 1. The Morgan fingerprint density at radius 2 is 2.18 bits per heavy atom. The summed E-state index contributed by atoms with van der Waals surface area (Å²) in [4.78, 5) is 14.6. The number of hydrogen-bond donors (Lipinski definition) is 2. The van der Waals surface area contributed by atoms with E-state index in [1.54, 1.807) is 13.3 Å². The molecule has 1 amide bonds. The third-order valence-electron chi connectivity index (χ3n) is 4.05. The molecular formula is C16H20N4O2. The van der Waals surface area contributed by atoms with Gasteiger partial charge in [0, 0.05) is 24.7 Å². The maximum atomic E-state index is 12.7. The van der Waals surface area contributed by atoms with Crippen LogP contribution in [-0.2, 0) is 0 Å². The van der Waals surface area contributed by atoms with Gasteiger partial charge >= 0.3 is 0 Å². The Morgan fingerprint density at radius 1 is 1.41 bits per heavy atom. The summed E-state index contributed by atoms with van der Waals surface area (Å²) in [6.45, 7) is 1.39. The molecule has 3 rings (SSSR count). The molecule has 0 radical (unpaired) electrons. The van der Waals surface area contributed by atoms with E-state index in [0.717, 1.165) is 29.8 Å². The predicted octanol–water partition coefficient (Wildman–Crippen LogP) is 1.65. The lowest BCUT2D eigenvalue weighted by Crippen LogP contribution is -2.42. The summed E-state index contributed by atoms with van der Waals surface area (Å²) >= 11 is 0. The van der Waals surface area contributed by atoms with Gasteiger partial charge in [-0.2, -0.15) is 5.10 Å². The van der Waals surface area contributed by atoms with Crippen LogP contribution in [0.15, 0.2) is 30.5 Å². The molecule has 1 aliphatic heterocycles. The van der Waals surface area contributed by atoms with Crippen molar-refractivity contribution in [2.24, 2.45) is 5.73 Å². The Labute approximate surface area is 129 Å². The van der Waals surface area contributed by atoms with Crippen LogP contribution in [0.5, 0.6) is 5.75 Å². The van der Waals surface area contributed by atoms with Crippen LogP contribution in [0.1, 0.15) is 23.2 Å². The second kappa shape index (κ2) is 6.19. The van der Waals surface area contributed by atoms with Crippen molar-refractivity contribution >= 4 is 5.91 Å². The lowest BCUT2D eigenvalue weighted by atomic mass is 10.0. The number of aromatic nitrogens is 2. The number of nitrogens with two attached hydrogens (primary N) is 1. The third-order valence-corrected chi connectivity index (χ3v) is 4.05. The number of methoxy groups -OCH3 is 1. The Morgan fingerprint density at radius 3 is 2.91 bits per heavy atom. The summed E-state index contributed by atoms with van der Waals surface area (Å²) in [7, 11) is 1.62. The van der Waals surface area contributed by atoms with Crippen LogP contribution in [-0.4, -0.2) is 47.2 Å². The zero-order valence-corrected chi connectivity index (χ0v) is 12.6. The van der Waals surface area contributed by atoms with Gasteiger partial charge < -0.3 is 15.4 Å². The molecule has 1 aromatic carbocycles. The molecule has 116 valence electrons. The number of carbonyl (C=O) groups excluding carboxylic acids is 1. The largest absolute Gasteiger partial charge is 0.497 e. The standard InChI is InChI=1S/C16H20N4O2/c1-22-13-4-2-3-11(9-13)15-14(10-18-19-15)16(21)20-7-5-12(17)6-8-20/h2-4,9-10,12H,5-8,17H2,1H3,(H,18,19). The molecule has 22 heavy (non-hydrogen) atoms. The Hall–Kier alpha value is -2.34. The molecule has 1 aliphatic rings. The molecule has 1 saturated heterocycles. The topological polar surface area (TPSA) is 84.2 Å². The SMILES string of the molecule is COc1cccc(-c2[nH]ncc2C(=O)N2CCC(N)CC2)c1. The van der Waals surface area contributed by atoms with Gasteiger partial charge in [-0.25, -0.2) is 0 Å². The van der Waals surface area contributed by atoms with Crippen LogP contribution in [0.3, 0.4) is 0 Å². The summed E-state index contributed by atoms with van der Waals surface area (Å²) in [5.41, 5.74) is 8.09. The smallest absolute Gasteiger partial charge is 0.257 e. The van der Waals surface area contributed by atoms with Gasteiger partial charge in [0.1, 0.15) is 5.75 Å². The zero-order valence-electron chi connectivity index (χ0n) is 12.6. The molecule has 2 heterocycles. The van der Waals surface area contributed by atoms with Crippen molar-refractivity contribution in [3.8, 4) is 17.0 Å². The second-order valence-corrected chi connectivity index (χ2v) is 5.52. The number of ether oxygens (including phenoxy) is 1. The molecule has 0 aliphatic carbocycles. The van der Waals surface area contributed by atoms with Gasteiger partial charge in [0.05, 0.1) is 24.6 Å². The second-order valence-electron chi connectivity index (χ2n) is 5.52. The zero-order chi connectivity index (χ0) is 15.5. The van der Waals surface area contributed by atoms with Crippen LogP contribution in [0, 0.1) is 0 Å². The number of H-pyrrole nitrogens is 1. The van der Waals surface area contributed by atoms with Crippen molar-refractivity contribution in [1.82, 2.24) is 15.1 Å². The number of amides is 1. The minimum Gasteiger partial charge on any atom is -0.497 e. The van der Waals surface area contributed by atoms with E-state index >= 15 is 0 Å². The molecule has 0 bridgehead atoms. The summed E-state index contributed by atoms with van der Waals surface area (Å²) in [5.74, 6) is 0.743. The van der Waals surface area contributed by atoms with Gasteiger partial charge in [0.25, 0.3) is 5.91 Å². The van der Waals surface area contributed by atoms with E-state index in [9.17, 15) is 4.79 Å². The van der Waals surface area contributed by atoms with Crippen molar-refractivity contribution in [2.75, 3.05) is 20.2 Å². The number of benzene rings is 1. The Kier molecular flexibility index (Phi) is 4.11. The van der Waals surface area contributed by atoms with E-state index in [1.807, 2.05) is 29.2 Å². The van der Waals surface area contributed by atoms with Crippen LogP contribution in [0.2, 0.25) is 0 Å². The first-order valence-corrected chi connectivity index (χ1v) is 7.41. The van der Waals surface area contributed by atoms with Crippen molar-refractivity contribution in [2.45, 2.75) is 18.9 Å². The van der Waals surface area contributed by atoms with E-state index in [1.165, 1.54) is 0 Å². The first-order valence-electron chi connectivity index (χ1n) is 7.41. The normalized spacial score (nSPS) is 15.8. The number of hydrogen-bond acceptors (Lipinski definition) is 4. The van der Waals surface area contributed by atoms with Crippen LogP contribution in [0.4, 0.5) is 0 Å². The highest BCUT2D eigenvalue weighted by Crippen LogP contribution is 2.26. The lowest BCUT2D eigenvalue weighted by Gasteiger charge is -2.30. The molecule has 6 nitrogen and oxygen atoms in total. The van der Waals surface area contributed by atoms with E-state index in [4.69, 9.17) is 10.5 Å². The first kappa shape index (κ1) is 14.6. The number of likely N-dealkylation sites (tertiary alicyclic amines) is 1. The highest BCUT2D eigenvalue weighted by Gasteiger charge is 2.25. The van der Waals surface area contributed by atoms with Crippen molar-refractivity contribution in [3.63, 3.8) is 0 Å². The van der Waals surface area contributed by atoms with Crippen LogP contribution < -0.4 is 10.5 Å². The number of carbonyl (C=O) groups is 1. The maximum absolute atomic E-state index is 12.7. The highest BCUT2D eigenvalue weighted by molar-refractivity contribution is 5.99. The first-order chi connectivity index (χ1) is 10.7. The van der Waals surface area contributed by atoms with E-state index in [2.05, 4.69) is 10.2 Å². The fourth-order valence-corrected chi connectivity index (χ4v) is 2.72. The van der Waals surface area contributed by atoms with Gasteiger partial charge in [-0.1, -0.05) is 12.1 Å². The molecule has 0 saturated carbocycles. The molecule has 2 aromatic rings. The Balaban J connectivity index is 1.86. The fourth-order valence-electron chi connectivity index (χ4n) is 2.72. The summed E-state index contributed by atoms with van der Waals surface area (Å²) in [6, 6.07) is 7.78. The molecule has 1 fully saturated rings. The van der Waals surface area contributed by atoms with E-state index in [-0.39, 0.29) is 11.9 Å². The van der Waals surface area contributed by atoms with Crippen molar-refractivity contribution in [3.05, 3.63) is 36.0 Å². The monoisotopic (exact) mass is 300 g/mol. The van der Waals surface area contributed by atoms with Crippen LogP contribution >= 0.6 is 0 Å². The number of rotatable bonds is 3. The molecule has 0 unspecified atom stereocenters. The van der Waals surface area contributed by atoms with Crippen LogP contribution in [0.25, 0.3) is 11.3 Å². The van der Waals surface area contributed by atoms with Gasteiger partial charge in [0.2, 0.25) is 0 Å². The van der Waals surface area contributed by atoms with Gasteiger partial charge in [-0.05, 0) is 25.0 Å². The molecular weight excluding hydrogens is 280 g/mol. The van der Waals surface area contributed by atoms with Crippen molar-refractivity contribution in [1.29, 1.82) is 0 Å². The summed E-state index contributed by atoms with van der Waals surface area (Å²) in [6.07, 6.45) is 3.28. The maximum Gasteiger partial charge on any atom is 0.257 e. The van der Waals surface area contributed by atoms with E-state index in [0.29, 0.717) is 18.7 Å². The number of nitrogens with one attached hydrogen (secondary N) is 1. The number of nitrogens with zero attached hydrogens (tertiary/aromatic N) is 2. The summed E-state index contributed by atoms with van der Waals surface area (Å²) in [5, 5.41) is 6.97. The van der Waals surface area contributed by atoms with Gasteiger partial charge in [0.15, 0.2) is 0 Å². The van der Waals surface area contributed by atoms with Gasteiger partial charge in [-0.15, -0.1) is 0 Å². The molecule has 0 atom stereocenters.